The van der Waals surface area contributed by atoms with Crippen LogP contribution in [0.25, 0.3) is 0 Å². The summed E-state index contributed by atoms with van der Waals surface area (Å²) in [7, 11) is 0. The van der Waals surface area contributed by atoms with Crippen molar-refractivity contribution in [1.82, 2.24) is 14.7 Å². The third-order valence-electron chi connectivity index (χ3n) is 6.01. The van der Waals surface area contributed by atoms with E-state index < -0.39 is 0 Å². The lowest BCUT2D eigenvalue weighted by molar-refractivity contribution is -0.132. The molecule has 2 amide bonds. The van der Waals surface area contributed by atoms with Crippen LogP contribution in [0.3, 0.4) is 0 Å². The molecule has 1 fully saturated rings. The van der Waals surface area contributed by atoms with Gasteiger partial charge < -0.3 is 19.3 Å². The van der Waals surface area contributed by atoms with E-state index in [4.69, 9.17) is 9.47 Å². The van der Waals surface area contributed by atoms with Crippen LogP contribution in [-0.2, 0) is 22.7 Å². The first-order valence-corrected chi connectivity index (χ1v) is 11.3. The van der Waals surface area contributed by atoms with Crippen LogP contribution in [0, 0.1) is 0 Å². The maximum absolute atomic E-state index is 12.8. The van der Waals surface area contributed by atoms with Gasteiger partial charge in [-0.1, -0.05) is 24.3 Å². The summed E-state index contributed by atoms with van der Waals surface area (Å²) in [4.78, 5) is 30.4. The molecule has 0 aliphatic carbocycles. The average molecular weight is 438 g/mol. The number of rotatable bonds is 6. The molecule has 170 valence electrons. The van der Waals surface area contributed by atoms with E-state index in [-0.39, 0.29) is 11.8 Å². The first-order valence-electron chi connectivity index (χ1n) is 11.3. The monoisotopic (exact) mass is 437 g/mol. The molecule has 0 spiro atoms. The van der Waals surface area contributed by atoms with Crippen LogP contribution < -0.4 is 9.47 Å². The molecule has 0 N–H and O–H groups in total. The minimum absolute atomic E-state index is 0.0724. The van der Waals surface area contributed by atoms with E-state index >= 15 is 0 Å². The van der Waals surface area contributed by atoms with Gasteiger partial charge in [0.1, 0.15) is 18.1 Å². The number of benzene rings is 2. The maximum atomic E-state index is 12.8. The number of piperazine rings is 1. The maximum Gasteiger partial charge on any atom is 0.226 e. The summed E-state index contributed by atoms with van der Waals surface area (Å²) in [5, 5.41) is 0. The number of amides is 2. The minimum atomic E-state index is 0.0724. The number of hydrogen-bond acceptors (Lipinski definition) is 5. The van der Waals surface area contributed by atoms with Crippen LogP contribution in [0.4, 0.5) is 0 Å². The number of hydrogen-bond donors (Lipinski definition) is 0. The van der Waals surface area contributed by atoms with Gasteiger partial charge in [0, 0.05) is 51.8 Å². The molecule has 0 unspecified atom stereocenters. The quantitative estimate of drug-likeness (QED) is 0.695. The molecule has 7 heteroatoms. The lowest BCUT2D eigenvalue weighted by Gasteiger charge is -2.34. The summed E-state index contributed by atoms with van der Waals surface area (Å²) in [6.45, 7) is 7.73. The Morgan fingerprint density at radius 3 is 2.50 bits per heavy atom. The zero-order valence-electron chi connectivity index (χ0n) is 18.7. The number of fused-ring (bicyclic) bond motifs is 1. The van der Waals surface area contributed by atoms with Gasteiger partial charge in [-0.2, -0.15) is 0 Å². The predicted octanol–water partition coefficient (Wildman–Crippen LogP) is 2.54. The lowest BCUT2D eigenvalue weighted by atomic mass is 10.1. The number of ether oxygens (including phenoxy) is 2. The normalized spacial score (nSPS) is 16.7. The van der Waals surface area contributed by atoms with E-state index in [9.17, 15) is 9.59 Å². The fourth-order valence-electron chi connectivity index (χ4n) is 4.17. The molecular weight excluding hydrogens is 406 g/mol. The summed E-state index contributed by atoms with van der Waals surface area (Å²) in [5.41, 5.74) is 2.24. The Balaban J connectivity index is 1.32. The van der Waals surface area contributed by atoms with Crippen molar-refractivity contribution < 1.29 is 19.1 Å². The molecule has 0 bridgehead atoms. The molecule has 2 aliphatic rings. The smallest absolute Gasteiger partial charge is 0.226 e. The van der Waals surface area contributed by atoms with E-state index in [2.05, 4.69) is 17.0 Å². The standard InChI is InChI=1S/C25H31N3O4/c1-20(29)27-12-10-26(11-13-27)18-21-7-8-24-22(17-21)19-28(14-16-32-24)25(30)9-15-31-23-5-3-2-4-6-23/h2-8,17H,9-16,18-19H2,1H3. The Morgan fingerprint density at radius 1 is 0.969 bits per heavy atom. The van der Waals surface area contributed by atoms with Crippen molar-refractivity contribution in [2.75, 3.05) is 45.9 Å². The molecule has 0 radical (unpaired) electrons. The van der Waals surface area contributed by atoms with Crippen molar-refractivity contribution in [3.63, 3.8) is 0 Å². The van der Waals surface area contributed by atoms with Crippen molar-refractivity contribution in [3.05, 3.63) is 59.7 Å². The molecule has 2 aliphatic heterocycles. The Kier molecular flexibility index (Phi) is 7.27. The highest BCUT2D eigenvalue weighted by molar-refractivity contribution is 5.76. The number of carbonyl (C=O) groups excluding carboxylic acids is 2. The van der Waals surface area contributed by atoms with Crippen molar-refractivity contribution >= 4 is 11.8 Å². The molecule has 2 aromatic carbocycles. The van der Waals surface area contributed by atoms with Crippen LogP contribution in [0.5, 0.6) is 11.5 Å². The fraction of sp³-hybridized carbons (Fsp3) is 0.440. The Morgan fingerprint density at radius 2 is 1.75 bits per heavy atom. The topological polar surface area (TPSA) is 62.3 Å². The zero-order chi connectivity index (χ0) is 22.3. The number of nitrogens with zero attached hydrogens (tertiary/aromatic N) is 3. The summed E-state index contributed by atoms with van der Waals surface area (Å²) >= 11 is 0. The minimum Gasteiger partial charge on any atom is -0.493 e. The third-order valence-corrected chi connectivity index (χ3v) is 6.01. The summed E-state index contributed by atoms with van der Waals surface area (Å²) in [5.74, 6) is 1.85. The second-order valence-electron chi connectivity index (χ2n) is 8.30. The largest absolute Gasteiger partial charge is 0.493 e. The second-order valence-corrected chi connectivity index (χ2v) is 8.30. The van der Waals surface area contributed by atoms with E-state index in [0.29, 0.717) is 32.7 Å². The van der Waals surface area contributed by atoms with Gasteiger partial charge in [0.2, 0.25) is 11.8 Å². The number of carbonyl (C=O) groups is 2. The summed E-state index contributed by atoms with van der Waals surface area (Å²) in [6, 6.07) is 15.8. The molecular formula is C25H31N3O4. The molecule has 0 aromatic heterocycles. The van der Waals surface area contributed by atoms with Crippen molar-refractivity contribution in [1.29, 1.82) is 0 Å². The first-order chi connectivity index (χ1) is 15.6. The van der Waals surface area contributed by atoms with E-state index in [1.54, 1.807) is 6.92 Å². The van der Waals surface area contributed by atoms with E-state index in [1.807, 2.05) is 46.2 Å². The van der Waals surface area contributed by atoms with Gasteiger partial charge in [-0.25, -0.2) is 0 Å². The molecule has 4 rings (SSSR count). The van der Waals surface area contributed by atoms with Gasteiger partial charge in [0.25, 0.3) is 0 Å². The highest BCUT2D eigenvalue weighted by Gasteiger charge is 2.22. The molecule has 1 saturated heterocycles. The van der Waals surface area contributed by atoms with Crippen LogP contribution in [0.15, 0.2) is 48.5 Å². The van der Waals surface area contributed by atoms with Gasteiger partial charge >= 0.3 is 0 Å². The first kappa shape index (κ1) is 22.1. The average Bonchev–Trinajstić information content (AvgIpc) is 3.02. The van der Waals surface area contributed by atoms with Crippen LogP contribution >= 0.6 is 0 Å². The van der Waals surface area contributed by atoms with Crippen LogP contribution in [-0.4, -0.2) is 72.5 Å². The fourth-order valence-corrected chi connectivity index (χ4v) is 4.17. The Hall–Kier alpha value is -3.06. The highest BCUT2D eigenvalue weighted by Crippen LogP contribution is 2.25. The second kappa shape index (κ2) is 10.5. The van der Waals surface area contributed by atoms with Crippen molar-refractivity contribution in [2.24, 2.45) is 0 Å². The molecule has 0 atom stereocenters. The van der Waals surface area contributed by atoms with Gasteiger partial charge in [0.05, 0.1) is 19.6 Å². The highest BCUT2D eigenvalue weighted by atomic mass is 16.5. The number of para-hydroxylation sites is 1. The van der Waals surface area contributed by atoms with Crippen LogP contribution in [0.1, 0.15) is 24.5 Å². The van der Waals surface area contributed by atoms with Gasteiger partial charge in [0.15, 0.2) is 0 Å². The Labute approximate surface area is 189 Å². The lowest BCUT2D eigenvalue weighted by Crippen LogP contribution is -2.47. The molecule has 0 saturated carbocycles. The predicted molar refractivity (Wildman–Crippen MR) is 121 cm³/mol. The molecule has 32 heavy (non-hydrogen) atoms. The summed E-state index contributed by atoms with van der Waals surface area (Å²) < 4.78 is 11.6. The van der Waals surface area contributed by atoms with E-state index in [0.717, 1.165) is 49.8 Å². The molecule has 7 nitrogen and oxygen atoms in total. The van der Waals surface area contributed by atoms with Gasteiger partial charge in [-0.3, -0.25) is 14.5 Å². The Bertz CT molecular complexity index is 926. The SMILES string of the molecule is CC(=O)N1CCN(Cc2ccc3c(c2)CN(C(=O)CCOc2ccccc2)CCO3)CC1. The van der Waals surface area contributed by atoms with Crippen LogP contribution in [0.2, 0.25) is 0 Å². The van der Waals surface area contributed by atoms with E-state index in [1.165, 1.54) is 5.56 Å². The van der Waals surface area contributed by atoms with Crippen molar-refractivity contribution in [3.8, 4) is 11.5 Å². The zero-order valence-corrected chi connectivity index (χ0v) is 18.7. The van der Waals surface area contributed by atoms with Gasteiger partial charge in [-0.15, -0.1) is 0 Å². The van der Waals surface area contributed by atoms with Gasteiger partial charge in [-0.05, 0) is 29.8 Å². The van der Waals surface area contributed by atoms with Crippen molar-refractivity contribution in [2.45, 2.75) is 26.4 Å². The third kappa shape index (κ3) is 5.79. The molecule has 2 heterocycles. The summed E-state index contributed by atoms with van der Waals surface area (Å²) in [6.07, 6.45) is 0.338. The molecule has 2 aromatic rings.